The number of carbonyl (C=O) groups is 1. The number of aliphatic hydroxyl groups is 1. The Morgan fingerprint density at radius 3 is 2.70 bits per heavy atom. The molecule has 1 aliphatic heterocycles. The van der Waals surface area contributed by atoms with Gasteiger partial charge in [0, 0.05) is 37.8 Å². The van der Waals surface area contributed by atoms with E-state index in [1.807, 2.05) is 0 Å². The third-order valence-electron chi connectivity index (χ3n) is 3.49. The first-order valence-corrected chi connectivity index (χ1v) is 6.32. The third kappa shape index (κ3) is 2.78. The molecule has 1 heterocycles. The van der Waals surface area contributed by atoms with Gasteiger partial charge in [0.1, 0.15) is 0 Å². The Morgan fingerprint density at radius 2 is 2.15 bits per heavy atom. The van der Waals surface area contributed by atoms with Crippen LogP contribution in [-0.2, 0) is 0 Å². The van der Waals surface area contributed by atoms with Crippen molar-refractivity contribution < 1.29 is 14.8 Å². The first-order valence-electron chi connectivity index (χ1n) is 6.32. The summed E-state index contributed by atoms with van der Waals surface area (Å²) in [7, 11) is 1.59. The summed E-state index contributed by atoms with van der Waals surface area (Å²) >= 11 is 0. The lowest BCUT2D eigenvalue weighted by Gasteiger charge is -2.26. The van der Waals surface area contributed by atoms with Crippen LogP contribution in [0, 0.1) is 17.0 Å². The highest BCUT2D eigenvalue weighted by molar-refractivity contribution is 5.95. The number of aliphatic hydroxyl groups excluding tert-OH is 1. The number of nitrogens with zero attached hydrogens (tertiary/aromatic N) is 2. The van der Waals surface area contributed by atoms with Crippen LogP contribution in [0.15, 0.2) is 18.2 Å². The van der Waals surface area contributed by atoms with Gasteiger partial charge in [-0.05, 0) is 18.6 Å². The van der Waals surface area contributed by atoms with Crippen molar-refractivity contribution in [2.75, 3.05) is 20.1 Å². The molecule has 1 aromatic carbocycles. The number of nitro benzene ring substituents is 1. The van der Waals surface area contributed by atoms with Gasteiger partial charge in [-0.15, -0.1) is 0 Å². The van der Waals surface area contributed by atoms with Crippen LogP contribution in [0.2, 0.25) is 0 Å². The second kappa shape index (κ2) is 5.56. The van der Waals surface area contributed by atoms with E-state index in [0.717, 1.165) is 0 Å². The molecule has 108 valence electrons. The first kappa shape index (κ1) is 14.4. The highest BCUT2D eigenvalue weighted by Gasteiger charge is 2.32. The van der Waals surface area contributed by atoms with Crippen LogP contribution >= 0.6 is 0 Å². The standard InChI is InChI=1S/C13H17N3O4/c1-8-3-9(5-10(4-8)16(19)20)13(18)15(2)11-6-14-7-12(11)17/h3-5,11-12,14,17H,6-7H2,1-2H3/t11-,12-/m0/s1. The molecule has 7 nitrogen and oxygen atoms in total. The molecule has 2 atom stereocenters. The SMILES string of the molecule is Cc1cc(C(=O)N(C)[C@H]2CNC[C@@H]2O)cc([N+](=O)[O-])c1. The Labute approximate surface area is 116 Å². The van der Waals surface area contributed by atoms with Crippen molar-refractivity contribution in [2.24, 2.45) is 0 Å². The largest absolute Gasteiger partial charge is 0.390 e. The van der Waals surface area contributed by atoms with E-state index < -0.39 is 11.0 Å². The molecule has 7 heteroatoms. The molecule has 0 saturated carbocycles. The fourth-order valence-corrected chi connectivity index (χ4v) is 2.39. The molecule has 2 N–H and O–H groups in total. The summed E-state index contributed by atoms with van der Waals surface area (Å²) in [5.74, 6) is -0.329. The van der Waals surface area contributed by atoms with Crippen LogP contribution in [0.25, 0.3) is 0 Å². The molecular formula is C13H17N3O4. The third-order valence-corrected chi connectivity index (χ3v) is 3.49. The van der Waals surface area contributed by atoms with E-state index in [9.17, 15) is 20.0 Å². The maximum Gasteiger partial charge on any atom is 0.270 e. The average Bonchev–Trinajstić information content (AvgIpc) is 2.82. The molecule has 1 saturated heterocycles. The molecule has 0 unspecified atom stereocenters. The van der Waals surface area contributed by atoms with Crippen LogP contribution in [0.3, 0.4) is 0 Å². The molecule has 0 bridgehead atoms. The Kier molecular flexibility index (Phi) is 4.01. The van der Waals surface area contributed by atoms with Crippen LogP contribution in [-0.4, -0.2) is 53.1 Å². The van der Waals surface area contributed by atoms with Gasteiger partial charge in [-0.3, -0.25) is 14.9 Å². The fraction of sp³-hybridized carbons (Fsp3) is 0.462. The summed E-state index contributed by atoms with van der Waals surface area (Å²) in [6.45, 7) is 2.66. The van der Waals surface area contributed by atoms with Crippen molar-refractivity contribution in [2.45, 2.75) is 19.1 Å². The molecule has 0 spiro atoms. The molecule has 1 amide bonds. The van der Waals surface area contributed by atoms with Gasteiger partial charge in [0.15, 0.2) is 0 Å². The van der Waals surface area contributed by atoms with Gasteiger partial charge in [0.25, 0.3) is 11.6 Å². The van der Waals surface area contributed by atoms with E-state index >= 15 is 0 Å². The number of benzene rings is 1. The minimum absolute atomic E-state index is 0.105. The number of hydrogen-bond donors (Lipinski definition) is 2. The van der Waals surface area contributed by atoms with E-state index in [1.165, 1.54) is 17.0 Å². The number of β-amino-alcohol motifs (C(OH)–C–C–N with tert-alkyl or cyclic N) is 1. The minimum atomic E-state index is -0.622. The lowest BCUT2D eigenvalue weighted by atomic mass is 10.1. The van der Waals surface area contributed by atoms with E-state index in [0.29, 0.717) is 18.7 Å². The Morgan fingerprint density at radius 1 is 1.45 bits per heavy atom. The molecule has 0 radical (unpaired) electrons. The molecule has 20 heavy (non-hydrogen) atoms. The second-order valence-corrected chi connectivity index (χ2v) is 5.02. The quantitative estimate of drug-likeness (QED) is 0.613. The summed E-state index contributed by atoms with van der Waals surface area (Å²) in [5, 5.41) is 23.6. The van der Waals surface area contributed by atoms with Crippen molar-refractivity contribution in [3.63, 3.8) is 0 Å². The van der Waals surface area contributed by atoms with Gasteiger partial charge in [0.2, 0.25) is 0 Å². The highest BCUT2D eigenvalue weighted by Crippen LogP contribution is 2.19. The van der Waals surface area contributed by atoms with Crippen LogP contribution in [0.4, 0.5) is 5.69 Å². The van der Waals surface area contributed by atoms with Crippen molar-refractivity contribution in [1.82, 2.24) is 10.2 Å². The Bertz CT molecular complexity index is 546. The number of carbonyl (C=O) groups excluding carboxylic acids is 1. The smallest absolute Gasteiger partial charge is 0.270 e. The average molecular weight is 279 g/mol. The van der Waals surface area contributed by atoms with Gasteiger partial charge in [-0.25, -0.2) is 0 Å². The van der Waals surface area contributed by atoms with Crippen LogP contribution in [0.5, 0.6) is 0 Å². The molecule has 1 fully saturated rings. The van der Waals surface area contributed by atoms with Gasteiger partial charge in [-0.2, -0.15) is 0 Å². The zero-order valence-corrected chi connectivity index (χ0v) is 11.4. The van der Waals surface area contributed by atoms with E-state index in [-0.39, 0.29) is 23.2 Å². The Balaban J connectivity index is 2.26. The lowest BCUT2D eigenvalue weighted by Crippen LogP contribution is -2.44. The zero-order valence-electron chi connectivity index (χ0n) is 11.4. The van der Waals surface area contributed by atoms with E-state index in [2.05, 4.69) is 5.32 Å². The molecule has 1 aliphatic rings. The normalized spacial score (nSPS) is 21.8. The highest BCUT2D eigenvalue weighted by atomic mass is 16.6. The number of nitro groups is 1. The zero-order chi connectivity index (χ0) is 14.9. The van der Waals surface area contributed by atoms with Gasteiger partial charge < -0.3 is 15.3 Å². The van der Waals surface area contributed by atoms with Crippen molar-refractivity contribution in [1.29, 1.82) is 0 Å². The summed E-state index contributed by atoms with van der Waals surface area (Å²) in [6.07, 6.45) is -0.622. The molecule has 0 aromatic heterocycles. The fourth-order valence-electron chi connectivity index (χ4n) is 2.39. The maximum absolute atomic E-state index is 12.4. The summed E-state index contributed by atoms with van der Waals surface area (Å²) < 4.78 is 0. The van der Waals surface area contributed by atoms with Gasteiger partial charge >= 0.3 is 0 Å². The number of amides is 1. The number of aryl methyl sites for hydroxylation is 1. The maximum atomic E-state index is 12.4. The molecule has 1 aromatic rings. The first-order chi connectivity index (χ1) is 9.40. The number of nitrogens with one attached hydrogen (secondary N) is 1. The molecular weight excluding hydrogens is 262 g/mol. The van der Waals surface area contributed by atoms with Crippen molar-refractivity contribution >= 4 is 11.6 Å². The summed E-state index contributed by atoms with van der Waals surface area (Å²) in [4.78, 5) is 24.1. The number of non-ortho nitro benzene ring substituents is 1. The van der Waals surface area contributed by atoms with E-state index in [4.69, 9.17) is 0 Å². The summed E-state index contributed by atoms with van der Waals surface area (Å²) in [5.41, 5.74) is 0.811. The predicted octanol–water partition coefficient (Wildman–Crippen LogP) is 0.308. The van der Waals surface area contributed by atoms with Gasteiger partial charge in [-0.1, -0.05) is 0 Å². The van der Waals surface area contributed by atoms with Crippen LogP contribution in [0.1, 0.15) is 15.9 Å². The minimum Gasteiger partial charge on any atom is -0.390 e. The number of hydrogen-bond acceptors (Lipinski definition) is 5. The number of likely N-dealkylation sites (N-methyl/N-ethyl adjacent to an activating group) is 1. The number of rotatable bonds is 3. The predicted molar refractivity (Wildman–Crippen MR) is 72.6 cm³/mol. The topological polar surface area (TPSA) is 95.7 Å². The van der Waals surface area contributed by atoms with Crippen molar-refractivity contribution in [3.8, 4) is 0 Å². The van der Waals surface area contributed by atoms with Crippen molar-refractivity contribution in [3.05, 3.63) is 39.4 Å². The monoisotopic (exact) mass is 279 g/mol. The van der Waals surface area contributed by atoms with E-state index in [1.54, 1.807) is 20.0 Å². The summed E-state index contributed by atoms with van der Waals surface area (Å²) in [6, 6.07) is 3.98. The van der Waals surface area contributed by atoms with Gasteiger partial charge in [0.05, 0.1) is 17.1 Å². The molecule has 2 rings (SSSR count). The second-order valence-electron chi connectivity index (χ2n) is 5.02. The molecule has 0 aliphatic carbocycles. The van der Waals surface area contributed by atoms with Crippen LogP contribution < -0.4 is 5.32 Å². The lowest BCUT2D eigenvalue weighted by molar-refractivity contribution is -0.384. The Hall–Kier alpha value is -1.99.